The lowest BCUT2D eigenvalue weighted by molar-refractivity contribution is 0.0301. The fraction of sp³-hybridized carbons (Fsp3) is 0.684. The first-order valence-corrected chi connectivity index (χ1v) is 8.32. The molecule has 0 amide bonds. The standard InChI is InChI=1S/C19H29NO/c1-13(20-5)14-6-8-16(9-7-14)21-17-12-15-10-11-19(17,4)18(15,2)3/h6-9,13,15,17,20H,10-12H2,1-5H3. The Labute approximate surface area is 129 Å². The summed E-state index contributed by atoms with van der Waals surface area (Å²) in [6, 6.07) is 9.00. The molecule has 0 saturated heterocycles. The van der Waals surface area contributed by atoms with Gasteiger partial charge in [0.15, 0.2) is 0 Å². The van der Waals surface area contributed by atoms with Crippen LogP contribution in [0.2, 0.25) is 0 Å². The van der Waals surface area contributed by atoms with E-state index in [0.717, 1.165) is 11.7 Å². The van der Waals surface area contributed by atoms with Gasteiger partial charge in [0.2, 0.25) is 0 Å². The van der Waals surface area contributed by atoms with Gasteiger partial charge in [-0.25, -0.2) is 0 Å². The van der Waals surface area contributed by atoms with Gasteiger partial charge in [0, 0.05) is 11.5 Å². The van der Waals surface area contributed by atoms with Crippen molar-refractivity contribution in [2.24, 2.45) is 16.7 Å². The van der Waals surface area contributed by atoms with Gasteiger partial charge in [0.05, 0.1) is 0 Å². The van der Waals surface area contributed by atoms with E-state index in [-0.39, 0.29) is 0 Å². The van der Waals surface area contributed by atoms with Crippen molar-refractivity contribution in [2.45, 2.75) is 59.1 Å². The van der Waals surface area contributed by atoms with Gasteiger partial charge in [-0.15, -0.1) is 0 Å². The molecule has 1 aromatic rings. The van der Waals surface area contributed by atoms with Gasteiger partial charge in [-0.2, -0.15) is 0 Å². The predicted octanol–water partition coefficient (Wildman–Crippen LogP) is 4.56. The molecule has 0 spiro atoms. The first-order valence-electron chi connectivity index (χ1n) is 8.32. The van der Waals surface area contributed by atoms with Crippen LogP contribution in [0.5, 0.6) is 5.75 Å². The van der Waals surface area contributed by atoms with Gasteiger partial charge in [0.1, 0.15) is 11.9 Å². The zero-order valence-corrected chi connectivity index (χ0v) is 14.1. The van der Waals surface area contributed by atoms with Crippen molar-refractivity contribution in [1.29, 1.82) is 0 Å². The van der Waals surface area contributed by atoms with Gasteiger partial charge >= 0.3 is 0 Å². The molecule has 2 saturated carbocycles. The normalized spacial score (nSPS) is 34.9. The minimum atomic E-state index is 0.328. The van der Waals surface area contributed by atoms with Crippen molar-refractivity contribution in [1.82, 2.24) is 5.32 Å². The number of nitrogens with one attached hydrogen (secondary N) is 1. The Kier molecular flexibility index (Phi) is 3.56. The van der Waals surface area contributed by atoms with Crippen LogP contribution < -0.4 is 10.1 Å². The number of fused-ring (bicyclic) bond motifs is 2. The molecule has 0 heterocycles. The van der Waals surface area contributed by atoms with Crippen molar-refractivity contribution >= 4 is 0 Å². The predicted molar refractivity (Wildman–Crippen MR) is 87.6 cm³/mol. The molecule has 2 aliphatic rings. The van der Waals surface area contributed by atoms with Crippen LogP contribution in [-0.4, -0.2) is 13.2 Å². The van der Waals surface area contributed by atoms with Gasteiger partial charge in [-0.3, -0.25) is 0 Å². The van der Waals surface area contributed by atoms with E-state index in [1.165, 1.54) is 24.8 Å². The second-order valence-electron chi connectivity index (χ2n) is 7.80. The van der Waals surface area contributed by atoms with E-state index in [2.05, 4.69) is 57.3 Å². The largest absolute Gasteiger partial charge is 0.490 e. The number of hydrogen-bond donors (Lipinski definition) is 1. The lowest BCUT2D eigenvalue weighted by Gasteiger charge is -2.38. The van der Waals surface area contributed by atoms with Gasteiger partial charge < -0.3 is 10.1 Å². The first kappa shape index (κ1) is 14.9. The summed E-state index contributed by atoms with van der Waals surface area (Å²) in [5.41, 5.74) is 2.05. The number of benzene rings is 1. The molecule has 1 N–H and O–H groups in total. The minimum absolute atomic E-state index is 0.328. The fourth-order valence-corrected chi connectivity index (χ4v) is 4.47. The zero-order chi connectivity index (χ0) is 15.3. The van der Waals surface area contributed by atoms with E-state index in [1.807, 2.05) is 7.05 Å². The molecule has 1 aromatic carbocycles. The van der Waals surface area contributed by atoms with Crippen LogP contribution in [0.1, 0.15) is 58.6 Å². The Morgan fingerprint density at radius 3 is 2.33 bits per heavy atom. The summed E-state index contributed by atoms with van der Waals surface area (Å²) in [5.74, 6) is 1.85. The van der Waals surface area contributed by atoms with E-state index < -0.39 is 0 Å². The molecule has 2 nitrogen and oxygen atoms in total. The second kappa shape index (κ2) is 5.01. The third-order valence-corrected chi connectivity index (χ3v) is 6.81. The summed E-state index contributed by atoms with van der Waals surface area (Å²) in [4.78, 5) is 0. The van der Waals surface area contributed by atoms with Crippen molar-refractivity contribution in [3.63, 3.8) is 0 Å². The highest BCUT2D eigenvalue weighted by Gasteiger charge is 2.62. The molecule has 4 unspecified atom stereocenters. The van der Waals surface area contributed by atoms with Crippen LogP contribution in [0.3, 0.4) is 0 Å². The van der Waals surface area contributed by atoms with E-state index in [9.17, 15) is 0 Å². The SMILES string of the molecule is CNC(C)c1ccc(OC2CC3CCC2(C)C3(C)C)cc1. The molecule has 0 radical (unpaired) electrons. The van der Waals surface area contributed by atoms with Crippen LogP contribution in [0.25, 0.3) is 0 Å². The molecular formula is C19H29NO. The molecule has 2 aliphatic carbocycles. The van der Waals surface area contributed by atoms with Crippen LogP contribution >= 0.6 is 0 Å². The fourth-order valence-electron chi connectivity index (χ4n) is 4.47. The molecule has 2 bridgehead atoms. The van der Waals surface area contributed by atoms with E-state index >= 15 is 0 Å². The van der Waals surface area contributed by atoms with E-state index in [4.69, 9.17) is 4.74 Å². The van der Waals surface area contributed by atoms with Crippen LogP contribution in [0.15, 0.2) is 24.3 Å². The topological polar surface area (TPSA) is 21.3 Å². The third kappa shape index (κ3) is 2.19. The monoisotopic (exact) mass is 287 g/mol. The summed E-state index contributed by atoms with van der Waals surface area (Å²) in [6.07, 6.45) is 4.28. The maximum Gasteiger partial charge on any atom is 0.119 e. The Morgan fingerprint density at radius 1 is 1.19 bits per heavy atom. The third-order valence-electron chi connectivity index (χ3n) is 6.81. The summed E-state index contributed by atoms with van der Waals surface area (Å²) >= 11 is 0. The molecule has 116 valence electrons. The Balaban J connectivity index is 1.74. The molecule has 2 fully saturated rings. The van der Waals surface area contributed by atoms with Crippen molar-refractivity contribution in [3.05, 3.63) is 29.8 Å². The lowest BCUT2D eigenvalue weighted by Crippen LogP contribution is -2.38. The van der Waals surface area contributed by atoms with Crippen LogP contribution in [0.4, 0.5) is 0 Å². The van der Waals surface area contributed by atoms with Crippen LogP contribution in [-0.2, 0) is 0 Å². The lowest BCUT2D eigenvalue weighted by atomic mass is 9.70. The van der Waals surface area contributed by atoms with Crippen molar-refractivity contribution in [2.75, 3.05) is 7.05 Å². The Bertz CT molecular complexity index is 507. The first-order chi connectivity index (χ1) is 9.88. The molecule has 4 atom stereocenters. The maximum absolute atomic E-state index is 6.40. The summed E-state index contributed by atoms with van der Waals surface area (Å²) in [7, 11) is 1.99. The Morgan fingerprint density at radius 2 is 1.86 bits per heavy atom. The molecule has 3 rings (SSSR count). The molecule has 0 aliphatic heterocycles. The highest BCUT2D eigenvalue weighted by molar-refractivity contribution is 5.30. The van der Waals surface area contributed by atoms with Gasteiger partial charge in [-0.1, -0.05) is 32.9 Å². The smallest absolute Gasteiger partial charge is 0.119 e. The van der Waals surface area contributed by atoms with Crippen molar-refractivity contribution < 1.29 is 4.74 Å². The van der Waals surface area contributed by atoms with Gasteiger partial charge in [-0.05, 0) is 62.3 Å². The average Bonchev–Trinajstić information content (AvgIpc) is 2.80. The van der Waals surface area contributed by atoms with Crippen LogP contribution in [0, 0.1) is 16.7 Å². The molecular weight excluding hydrogens is 258 g/mol. The number of rotatable bonds is 4. The summed E-state index contributed by atoms with van der Waals surface area (Å²) in [6.45, 7) is 9.48. The maximum atomic E-state index is 6.40. The highest BCUT2D eigenvalue weighted by atomic mass is 16.5. The number of hydrogen-bond acceptors (Lipinski definition) is 2. The number of ether oxygens (including phenoxy) is 1. The quantitative estimate of drug-likeness (QED) is 0.876. The second-order valence-corrected chi connectivity index (χ2v) is 7.80. The Hall–Kier alpha value is -1.02. The molecule has 2 heteroatoms. The minimum Gasteiger partial charge on any atom is -0.490 e. The molecule has 21 heavy (non-hydrogen) atoms. The summed E-state index contributed by atoms with van der Waals surface area (Å²) in [5, 5.41) is 3.27. The molecule has 0 aromatic heterocycles. The zero-order valence-electron chi connectivity index (χ0n) is 14.1. The summed E-state index contributed by atoms with van der Waals surface area (Å²) < 4.78 is 6.40. The van der Waals surface area contributed by atoms with E-state index in [0.29, 0.717) is 23.0 Å². The van der Waals surface area contributed by atoms with Crippen molar-refractivity contribution in [3.8, 4) is 5.75 Å². The highest BCUT2D eigenvalue weighted by Crippen LogP contribution is 2.66. The average molecular weight is 287 g/mol. The van der Waals surface area contributed by atoms with Gasteiger partial charge in [0.25, 0.3) is 0 Å². The van der Waals surface area contributed by atoms with E-state index in [1.54, 1.807) is 0 Å².